The van der Waals surface area contributed by atoms with Gasteiger partial charge in [-0.1, -0.05) is 11.2 Å². The summed E-state index contributed by atoms with van der Waals surface area (Å²) in [7, 11) is 1.43. The Morgan fingerprint density at radius 2 is 1.90 bits per heavy atom. The van der Waals surface area contributed by atoms with Crippen molar-refractivity contribution in [2.45, 2.75) is 68.7 Å². The van der Waals surface area contributed by atoms with E-state index in [0.717, 1.165) is 43.4 Å². The lowest BCUT2D eigenvalue weighted by molar-refractivity contribution is -0.150. The minimum absolute atomic E-state index is 0.00656. The van der Waals surface area contributed by atoms with Crippen LogP contribution in [0.1, 0.15) is 84.2 Å². The fraction of sp³-hybridized carbons (Fsp3) is 0.607. The maximum Gasteiger partial charge on any atom is 0.410 e. The van der Waals surface area contributed by atoms with E-state index in [4.69, 9.17) is 18.8 Å². The molecule has 3 atom stereocenters. The lowest BCUT2D eigenvalue weighted by Gasteiger charge is -2.27. The highest BCUT2D eigenvalue weighted by Gasteiger charge is 2.50. The van der Waals surface area contributed by atoms with Crippen LogP contribution in [0.3, 0.4) is 0 Å². The molecule has 3 aromatic rings. The quantitative estimate of drug-likeness (QED) is 0.331. The summed E-state index contributed by atoms with van der Waals surface area (Å²) in [5.41, 5.74) is 2.27. The van der Waals surface area contributed by atoms with Crippen LogP contribution in [0, 0.1) is 17.8 Å². The number of hydrogen-bond acceptors (Lipinski definition) is 8. The van der Waals surface area contributed by atoms with Crippen LogP contribution in [0.4, 0.5) is 18.0 Å². The average molecular weight is 589 g/mol. The van der Waals surface area contributed by atoms with Gasteiger partial charge in [0.15, 0.2) is 11.3 Å². The third-order valence-corrected chi connectivity index (χ3v) is 8.81. The molecule has 3 aliphatic carbocycles. The first-order chi connectivity index (χ1) is 20.2. The Morgan fingerprint density at radius 3 is 2.52 bits per heavy atom. The number of ether oxygens (including phenoxy) is 1. The first kappa shape index (κ1) is 27.2. The van der Waals surface area contributed by atoms with Crippen molar-refractivity contribution in [3.05, 3.63) is 41.0 Å². The monoisotopic (exact) mass is 588 g/mol. The van der Waals surface area contributed by atoms with Crippen LogP contribution >= 0.6 is 0 Å². The number of rotatable bonds is 11. The molecule has 1 aromatic carbocycles. The number of halogens is 3. The molecule has 3 saturated carbocycles. The van der Waals surface area contributed by atoms with Crippen LogP contribution in [-0.2, 0) is 4.74 Å². The lowest BCUT2D eigenvalue weighted by atomic mass is 9.89. The molecule has 3 heterocycles. The maximum atomic E-state index is 13.5. The van der Waals surface area contributed by atoms with Crippen LogP contribution in [0.15, 0.2) is 27.2 Å². The van der Waals surface area contributed by atoms with Gasteiger partial charge in [0.05, 0.1) is 19.2 Å². The molecule has 1 saturated heterocycles. The standard InChI is InChI=1S/C28H31F3N6O5/c1-40-12-18(37-11-20(28(29,30)31)33-27(37)39)16-8-9-19-17(10-16)32-26(41-19)23(21(13-2-3-13)14-4-5-14)34-25(38)24-22(15-6-7-15)35-42-36-24/h8-10,13-15,18,20-21,23H,2-7,11-12H2,1H3,(H,33,39)(H,34,38). The van der Waals surface area contributed by atoms with E-state index >= 15 is 0 Å². The van der Waals surface area contributed by atoms with Gasteiger partial charge < -0.3 is 24.7 Å². The predicted octanol–water partition coefficient (Wildman–Crippen LogP) is 4.64. The SMILES string of the molecule is COCC(c1ccc2oc(C(NC(=O)c3nonc3C3CC3)C(C3CC3)C3CC3)nc2c1)N1CC(C(F)(F)F)NC1=O. The van der Waals surface area contributed by atoms with Crippen LogP contribution in [0.25, 0.3) is 11.1 Å². The summed E-state index contributed by atoms with van der Waals surface area (Å²) in [6.07, 6.45) is 1.63. The van der Waals surface area contributed by atoms with Crippen LogP contribution in [0.2, 0.25) is 0 Å². The van der Waals surface area contributed by atoms with E-state index in [1.54, 1.807) is 18.2 Å². The number of fused-ring (bicyclic) bond motifs is 1. The van der Waals surface area contributed by atoms with Crippen molar-refractivity contribution in [3.63, 3.8) is 0 Å². The molecule has 0 spiro atoms. The van der Waals surface area contributed by atoms with Gasteiger partial charge in [0.1, 0.15) is 23.3 Å². The molecule has 1 aliphatic heterocycles. The average Bonchev–Trinajstić information content (AvgIpc) is 3.91. The molecular formula is C28H31F3N6O5. The van der Waals surface area contributed by atoms with E-state index in [1.165, 1.54) is 7.11 Å². The Bertz CT molecular complexity index is 1480. The van der Waals surface area contributed by atoms with Crippen LogP contribution in [-0.4, -0.2) is 64.6 Å². The molecule has 2 aromatic heterocycles. The van der Waals surface area contributed by atoms with Gasteiger partial charge in [-0.15, -0.1) is 0 Å². The number of urea groups is 1. The van der Waals surface area contributed by atoms with Crippen LogP contribution < -0.4 is 10.6 Å². The number of methoxy groups -OCH3 is 1. The number of hydrogen-bond donors (Lipinski definition) is 2. The minimum Gasteiger partial charge on any atom is -0.438 e. The van der Waals surface area contributed by atoms with E-state index in [9.17, 15) is 22.8 Å². The number of alkyl halides is 3. The summed E-state index contributed by atoms with van der Waals surface area (Å²) in [6.45, 7) is -0.538. The zero-order chi connectivity index (χ0) is 29.2. The van der Waals surface area contributed by atoms with Crippen molar-refractivity contribution in [3.8, 4) is 0 Å². The second-order valence-corrected chi connectivity index (χ2v) is 11.9. The Hall–Kier alpha value is -3.68. The van der Waals surface area contributed by atoms with Crippen molar-refractivity contribution in [1.29, 1.82) is 0 Å². The molecule has 42 heavy (non-hydrogen) atoms. The van der Waals surface area contributed by atoms with Crippen molar-refractivity contribution in [2.24, 2.45) is 17.8 Å². The topological polar surface area (TPSA) is 136 Å². The third-order valence-electron chi connectivity index (χ3n) is 8.81. The fourth-order valence-electron chi connectivity index (χ4n) is 6.24. The fourth-order valence-corrected chi connectivity index (χ4v) is 6.24. The second kappa shape index (κ2) is 10.2. The zero-order valence-electron chi connectivity index (χ0n) is 22.9. The molecule has 4 fully saturated rings. The number of benzene rings is 1. The zero-order valence-corrected chi connectivity index (χ0v) is 22.9. The summed E-state index contributed by atoms with van der Waals surface area (Å²) in [6, 6.07) is 1.05. The molecule has 224 valence electrons. The Balaban J connectivity index is 1.19. The smallest absolute Gasteiger partial charge is 0.410 e. The summed E-state index contributed by atoms with van der Waals surface area (Å²) < 4.78 is 56.4. The summed E-state index contributed by atoms with van der Waals surface area (Å²) in [4.78, 5) is 31.9. The highest BCUT2D eigenvalue weighted by molar-refractivity contribution is 5.93. The molecule has 0 bridgehead atoms. The maximum absolute atomic E-state index is 13.5. The van der Waals surface area contributed by atoms with Crippen molar-refractivity contribution >= 4 is 23.0 Å². The second-order valence-electron chi connectivity index (χ2n) is 11.9. The Labute approximate surface area is 238 Å². The molecule has 0 radical (unpaired) electrons. The highest BCUT2D eigenvalue weighted by Crippen LogP contribution is 2.54. The van der Waals surface area contributed by atoms with Crippen molar-refractivity contribution in [1.82, 2.24) is 30.8 Å². The van der Waals surface area contributed by atoms with Gasteiger partial charge in [0.2, 0.25) is 5.89 Å². The Morgan fingerprint density at radius 1 is 1.17 bits per heavy atom. The first-order valence-electron chi connectivity index (χ1n) is 14.4. The van der Waals surface area contributed by atoms with E-state index in [0.29, 0.717) is 40.1 Å². The number of oxazole rings is 1. The summed E-state index contributed by atoms with van der Waals surface area (Å²) in [5, 5.41) is 13.0. The van der Waals surface area contributed by atoms with Crippen molar-refractivity contribution in [2.75, 3.05) is 20.3 Å². The van der Waals surface area contributed by atoms with Gasteiger partial charge in [0.25, 0.3) is 5.91 Å². The number of amides is 3. The van der Waals surface area contributed by atoms with Crippen LogP contribution in [0.5, 0.6) is 0 Å². The third kappa shape index (κ3) is 5.20. The predicted molar refractivity (Wildman–Crippen MR) is 139 cm³/mol. The normalized spacial score (nSPS) is 22.5. The van der Waals surface area contributed by atoms with Gasteiger partial charge >= 0.3 is 12.2 Å². The van der Waals surface area contributed by atoms with E-state index in [2.05, 4.69) is 15.6 Å². The number of carbonyl (C=O) groups excluding carboxylic acids is 2. The molecular weight excluding hydrogens is 557 g/mol. The highest BCUT2D eigenvalue weighted by atomic mass is 19.4. The van der Waals surface area contributed by atoms with Gasteiger partial charge in [-0.25, -0.2) is 14.4 Å². The van der Waals surface area contributed by atoms with Gasteiger partial charge in [-0.05, 0) is 79.1 Å². The molecule has 4 aliphatic rings. The molecule has 3 unspecified atom stereocenters. The van der Waals surface area contributed by atoms with E-state index < -0.39 is 36.9 Å². The van der Waals surface area contributed by atoms with E-state index in [1.807, 2.05) is 5.32 Å². The van der Waals surface area contributed by atoms with E-state index in [-0.39, 0.29) is 30.0 Å². The molecule has 2 N–H and O–H groups in total. The van der Waals surface area contributed by atoms with Gasteiger partial charge in [0, 0.05) is 13.0 Å². The van der Waals surface area contributed by atoms with Gasteiger partial charge in [-0.2, -0.15) is 13.2 Å². The summed E-state index contributed by atoms with van der Waals surface area (Å²) in [5.74, 6) is 1.23. The molecule has 11 nitrogen and oxygen atoms in total. The molecule has 14 heteroatoms. The number of nitrogens with one attached hydrogen (secondary N) is 2. The van der Waals surface area contributed by atoms with Gasteiger partial charge in [-0.3, -0.25) is 4.79 Å². The largest absolute Gasteiger partial charge is 0.438 e. The number of carbonyl (C=O) groups is 2. The number of aromatic nitrogens is 3. The molecule has 7 rings (SSSR count). The first-order valence-corrected chi connectivity index (χ1v) is 14.4. The minimum atomic E-state index is -4.56. The summed E-state index contributed by atoms with van der Waals surface area (Å²) >= 11 is 0. The number of nitrogens with zero attached hydrogens (tertiary/aromatic N) is 4. The van der Waals surface area contributed by atoms with Crippen molar-refractivity contribution < 1.29 is 36.5 Å². The lowest BCUT2D eigenvalue weighted by Crippen LogP contribution is -2.40. The molecule has 3 amide bonds. The Kier molecular flexibility index (Phi) is 6.63.